The van der Waals surface area contributed by atoms with Crippen molar-refractivity contribution < 1.29 is 4.79 Å². The maximum Gasteiger partial charge on any atom is 0.217 e. The number of carbonyl (C=O) groups is 1. The van der Waals surface area contributed by atoms with Crippen LogP contribution in [-0.4, -0.2) is 18.5 Å². The van der Waals surface area contributed by atoms with E-state index in [0.29, 0.717) is 18.4 Å². The van der Waals surface area contributed by atoms with E-state index in [-0.39, 0.29) is 5.91 Å². The number of piperidine rings is 1. The Hall–Kier alpha value is -0.570. The smallest absolute Gasteiger partial charge is 0.217 e. The summed E-state index contributed by atoms with van der Waals surface area (Å²) in [5.41, 5.74) is 5.11. The molecule has 11 heavy (non-hydrogen) atoms. The van der Waals surface area contributed by atoms with Crippen molar-refractivity contribution >= 4 is 5.91 Å². The molecule has 1 aliphatic rings. The van der Waals surface area contributed by atoms with E-state index in [0.717, 1.165) is 19.4 Å². The van der Waals surface area contributed by atoms with Crippen molar-refractivity contribution in [3.05, 3.63) is 0 Å². The summed E-state index contributed by atoms with van der Waals surface area (Å²) in [6.07, 6.45) is 2.74. The fraction of sp³-hybridized carbons (Fsp3) is 0.875. The van der Waals surface area contributed by atoms with Crippen molar-refractivity contribution in [3.8, 4) is 0 Å². The third kappa shape index (κ3) is 2.89. The number of nitrogens with one attached hydrogen (secondary N) is 1. The van der Waals surface area contributed by atoms with Crippen LogP contribution in [0.3, 0.4) is 0 Å². The van der Waals surface area contributed by atoms with Gasteiger partial charge in [-0.05, 0) is 32.2 Å². The number of hydrogen-bond donors (Lipinski definition) is 2. The minimum absolute atomic E-state index is 0.163. The Bertz CT molecular complexity index is 147. The molecule has 0 aliphatic carbocycles. The Morgan fingerprint density at radius 3 is 3.00 bits per heavy atom. The minimum atomic E-state index is -0.163. The van der Waals surface area contributed by atoms with Gasteiger partial charge in [0.1, 0.15) is 0 Å². The number of primary amides is 1. The lowest BCUT2D eigenvalue weighted by atomic mass is 9.90. The molecule has 0 aromatic carbocycles. The van der Waals surface area contributed by atoms with Crippen LogP contribution >= 0.6 is 0 Å². The zero-order chi connectivity index (χ0) is 8.27. The molecule has 0 saturated carbocycles. The number of carbonyl (C=O) groups excluding carboxylic acids is 1. The highest BCUT2D eigenvalue weighted by Gasteiger charge is 2.19. The summed E-state index contributed by atoms with van der Waals surface area (Å²) in [4.78, 5) is 10.6. The third-order valence-corrected chi connectivity index (χ3v) is 2.22. The summed E-state index contributed by atoms with van der Waals surface area (Å²) in [6.45, 7) is 3.17. The van der Waals surface area contributed by atoms with Crippen molar-refractivity contribution in [1.29, 1.82) is 0 Å². The second-order valence-electron chi connectivity index (χ2n) is 3.42. The van der Waals surface area contributed by atoms with Crippen LogP contribution in [0.25, 0.3) is 0 Å². The predicted molar refractivity (Wildman–Crippen MR) is 44.0 cm³/mol. The molecule has 0 bridgehead atoms. The van der Waals surface area contributed by atoms with E-state index < -0.39 is 0 Å². The lowest BCUT2D eigenvalue weighted by Crippen LogP contribution is -2.37. The van der Waals surface area contributed by atoms with Crippen molar-refractivity contribution in [2.45, 2.75) is 32.2 Å². The Morgan fingerprint density at radius 2 is 2.45 bits per heavy atom. The van der Waals surface area contributed by atoms with E-state index in [2.05, 4.69) is 12.2 Å². The molecule has 0 aromatic heterocycles. The molecule has 3 nitrogen and oxygen atoms in total. The largest absolute Gasteiger partial charge is 0.370 e. The summed E-state index contributed by atoms with van der Waals surface area (Å²) in [5, 5.41) is 3.33. The summed E-state index contributed by atoms with van der Waals surface area (Å²) in [5.74, 6) is 0.354. The van der Waals surface area contributed by atoms with Gasteiger partial charge >= 0.3 is 0 Å². The topological polar surface area (TPSA) is 55.1 Å². The van der Waals surface area contributed by atoms with E-state index in [1.54, 1.807) is 0 Å². The van der Waals surface area contributed by atoms with Gasteiger partial charge in [0.2, 0.25) is 5.91 Å². The van der Waals surface area contributed by atoms with Gasteiger partial charge in [0.05, 0.1) is 0 Å². The van der Waals surface area contributed by atoms with Gasteiger partial charge in [-0.15, -0.1) is 0 Å². The summed E-state index contributed by atoms with van der Waals surface area (Å²) in [6, 6.07) is 0.549. The van der Waals surface area contributed by atoms with E-state index in [1.807, 2.05) is 0 Å². The fourth-order valence-corrected chi connectivity index (χ4v) is 1.70. The van der Waals surface area contributed by atoms with Crippen LogP contribution in [0.4, 0.5) is 0 Å². The molecule has 3 heteroatoms. The zero-order valence-electron chi connectivity index (χ0n) is 6.97. The lowest BCUT2D eigenvalue weighted by Gasteiger charge is -2.26. The first-order chi connectivity index (χ1) is 5.18. The Balaban J connectivity index is 2.28. The van der Waals surface area contributed by atoms with Gasteiger partial charge in [-0.1, -0.05) is 0 Å². The van der Waals surface area contributed by atoms with Crippen molar-refractivity contribution in [2.75, 3.05) is 6.54 Å². The highest BCUT2D eigenvalue weighted by molar-refractivity contribution is 5.73. The highest BCUT2D eigenvalue weighted by atomic mass is 16.1. The van der Waals surface area contributed by atoms with Crippen LogP contribution in [0.15, 0.2) is 0 Å². The lowest BCUT2D eigenvalue weighted by molar-refractivity contribution is -0.119. The van der Waals surface area contributed by atoms with Crippen LogP contribution in [0.5, 0.6) is 0 Å². The molecule has 2 atom stereocenters. The molecular formula is C8H16N2O. The quantitative estimate of drug-likeness (QED) is 0.602. The van der Waals surface area contributed by atoms with Crippen LogP contribution in [-0.2, 0) is 4.79 Å². The third-order valence-electron chi connectivity index (χ3n) is 2.22. The molecule has 1 saturated heterocycles. The first kappa shape index (κ1) is 8.53. The normalized spacial score (nSPS) is 31.7. The molecule has 1 aliphatic heterocycles. The maximum absolute atomic E-state index is 10.6. The number of amides is 1. The SMILES string of the molecule is CC1CC(CC(N)=O)CCN1. The molecule has 1 heterocycles. The van der Waals surface area contributed by atoms with Crippen molar-refractivity contribution in [2.24, 2.45) is 11.7 Å². The Labute approximate surface area is 67.3 Å². The summed E-state index contributed by atoms with van der Waals surface area (Å²) in [7, 11) is 0. The van der Waals surface area contributed by atoms with Gasteiger partial charge in [0.25, 0.3) is 0 Å². The van der Waals surface area contributed by atoms with E-state index in [9.17, 15) is 4.79 Å². The van der Waals surface area contributed by atoms with E-state index in [4.69, 9.17) is 5.73 Å². The van der Waals surface area contributed by atoms with Gasteiger partial charge in [0.15, 0.2) is 0 Å². The number of rotatable bonds is 2. The van der Waals surface area contributed by atoms with Gasteiger partial charge in [-0.25, -0.2) is 0 Å². The molecule has 0 radical (unpaired) electrons. The molecule has 0 aromatic rings. The standard InChI is InChI=1S/C8H16N2O/c1-6-4-7(2-3-10-6)5-8(9)11/h6-7,10H,2-5H2,1H3,(H2,9,11). The van der Waals surface area contributed by atoms with Gasteiger partial charge < -0.3 is 11.1 Å². The fourth-order valence-electron chi connectivity index (χ4n) is 1.70. The molecule has 1 rings (SSSR count). The summed E-state index contributed by atoms with van der Waals surface area (Å²) >= 11 is 0. The minimum Gasteiger partial charge on any atom is -0.370 e. The van der Waals surface area contributed by atoms with Crippen molar-refractivity contribution in [3.63, 3.8) is 0 Å². The van der Waals surface area contributed by atoms with Crippen LogP contribution in [0.1, 0.15) is 26.2 Å². The maximum atomic E-state index is 10.6. The van der Waals surface area contributed by atoms with Crippen LogP contribution in [0.2, 0.25) is 0 Å². The average Bonchev–Trinajstić information content (AvgIpc) is 1.85. The van der Waals surface area contributed by atoms with Crippen molar-refractivity contribution in [1.82, 2.24) is 5.32 Å². The first-order valence-corrected chi connectivity index (χ1v) is 4.20. The highest BCUT2D eigenvalue weighted by Crippen LogP contribution is 2.18. The molecular weight excluding hydrogens is 140 g/mol. The average molecular weight is 156 g/mol. The second-order valence-corrected chi connectivity index (χ2v) is 3.42. The molecule has 0 spiro atoms. The molecule has 3 N–H and O–H groups in total. The first-order valence-electron chi connectivity index (χ1n) is 4.20. The van der Waals surface area contributed by atoms with E-state index >= 15 is 0 Å². The molecule has 1 fully saturated rings. The molecule has 1 amide bonds. The Morgan fingerprint density at radius 1 is 1.73 bits per heavy atom. The van der Waals surface area contributed by atoms with Crippen LogP contribution < -0.4 is 11.1 Å². The van der Waals surface area contributed by atoms with Gasteiger partial charge in [-0.3, -0.25) is 4.79 Å². The number of hydrogen-bond acceptors (Lipinski definition) is 2. The summed E-state index contributed by atoms with van der Waals surface area (Å²) < 4.78 is 0. The number of nitrogens with two attached hydrogens (primary N) is 1. The molecule has 2 unspecified atom stereocenters. The predicted octanol–water partition coefficient (Wildman–Crippen LogP) is 0.250. The zero-order valence-corrected chi connectivity index (χ0v) is 6.97. The van der Waals surface area contributed by atoms with Gasteiger partial charge in [0, 0.05) is 12.5 Å². The molecule has 64 valence electrons. The Kier molecular flexibility index (Phi) is 2.88. The monoisotopic (exact) mass is 156 g/mol. The second kappa shape index (κ2) is 3.72. The van der Waals surface area contributed by atoms with Gasteiger partial charge in [-0.2, -0.15) is 0 Å². The van der Waals surface area contributed by atoms with E-state index in [1.165, 1.54) is 0 Å². The van der Waals surface area contributed by atoms with Crippen LogP contribution in [0, 0.1) is 5.92 Å².